The predicted molar refractivity (Wildman–Crippen MR) is 47.8 cm³/mol. The van der Waals surface area contributed by atoms with Gasteiger partial charge in [0.2, 0.25) is 0 Å². The van der Waals surface area contributed by atoms with Crippen LogP contribution in [0.3, 0.4) is 0 Å². The molecule has 0 unspecified atom stereocenters. The zero-order valence-electron chi connectivity index (χ0n) is 6.63. The average molecular weight is 229 g/mol. The zero-order chi connectivity index (χ0) is 10.4. The van der Waals surface area contributed by atoms with E-state index in [0.717, 1.165) is 18.4 Å². The average Bonchev–Trinajstić information content (AvgIpc) is 2.50. The molecule has 1 heterocycles. The van der Waals surface area contributed by atoms with Crippen molar-refractivity contribution in [3.05, 3.63) is 20.8 Å². The number of halogens is 3. The molecule has 0 bridgehead atoms. The standard InChI is InChI=1S/C6H3ClF2OS.CH4O/c7-3-2-11-4(1-10)5(3)6(8)9;1-2/h1-2,6H;2H,1H3. The molecular formula is C7H7ClF2O2S. The Morgan fingerprint density at radius 3 is 2.46 bits per heavy atom. The first-order chi connectivity index (χ1) is 6.16. The lowest BCUT2D eigenvalue weighted by atomic mass is 10.3. The van der Waals surface area contributed by atoms with Gasteiger partial charge in [-0.1, -0.05) is 11.6 Å². The number of alkyl halides is 2. The summed E-state index contributed by atoms with van der Waals surface area (Å²) in [6, 6.07) is 0. The normalized spacial score (nSPS) is 9.38. The Hall–Kier alpha value is -0.520. The van der Waals surface area contributed by atoms with Crippen molar-refractivity contribution in [2.24, 2.45) is 0 Å². The first-order valence-electron chi connectivity index (χ1n) is 3.11. The summed E-state index contributed by atoms with van der Waals surface area (Å²) in [5.41, 5.74) is -0.355. The lowest BCUT2D eigenvalue weighted by Crippen LogP contribution is -1.86. The highest BCUT2D eigenvalue weighted by Gasteiger charge is 2.18. The second-order valence-electron chi connectivity index (χ2n) is 1.78. The summed E-state index contributed by atoms with van der Waals surface area (Å²) < 4.78 is 24.1. The van der Waals surface area contributed by atoms with E-state index in [4.69, 9.17) is 16.7 Å². The fourth-order valence-electron chi connectivity index (χ4n) is 0.663. The van der Waals surface area contributed by atoms with Gasteiger partial charge in [0.1, 0.15) is 0 Å². The van der Waals surface area contributed by atoms with Gasteiger partial charge in [0.15, 0.2) is 6.29 Å². The van der Waals surface area contributed by atoms with Crippen molar-refractivity contribution in [1.29, 1.82) is 0 Å². The summed E-state index contributed by atoms with van der Waals surface area (Å²) in [5, 5.41) is 8.29. The molecule has 0 aliphatic carbocycles. The number of hydrogen-bond acceptors (Lipinski definition) is 3. The molecule has 0 radical (unpaired) electrons. The molecule has 2 nitrogen and oxygen atoms in total. The summed E-state index contributed by atoms with van der Waals surface area (Å²) in [6.45, 7) is 0. The Morgan fingerprint density at radius 1 is 1.62 bits per heavy atom. The molecule has 0 fully saturated rings. The monoisotopic (exact) mass is 228 g/mol. The molecule has 0 spiro atoms. The van der Waals surface area contributed by atoms with Crippen LogP contribution in [0.1, 0.15) is 21.7 Å². The van der Waals surface area contributed by atoms with Crippen LogP contribution in [0.2, 0.25) is 5.02 Å². The number of aliphatic hydroxyl groups excluding tert-OH is 1. The van der Waals surface area contributed by atoms with Gasteiger partial charge in [0, 0.05) is 12.5 Å². The first-order valence-corrected chi connectivity index (χ1v) is 4.37. The molecule has 0 saturated carbocycles. The van der Waals surface area contributed by atoms with Gasteiger partial charge < -0.3 is 5.11 Å². The maximum absolute atomic E-state index is 12.1. The third-order valence-corrected chi connectivity index (χ3v) is 2.50. The van der Waals surface area contributed by atoms with E-state index < -0.39 is 6.43 Å². The summed E-state index contributed by atoms with van der Waals surface area (Å²) in [6.07, 6.45) is -2.29. The number of aliphatic hydroxyl groups is 1. The number of carbonyl (C=O) groups is 1. The molecule has 1 rings (SSSR count). The van der Waals surface area contributed by atoms with Gasteiger partial charge in [0.25, 0.3) is 6.43 Å². The minimum absolute atomic E-state index is 0.00463. The fourth-order valence-corrected chi connectivity index (χ4v) is 1.78. The highest BCUT2D eigenvalue weighted by Crippen LogP contribution is 2.33. The van der Waals surface area contributed by atoms with E-state index in [2.05, 4.69) is 0 Å². The molecule has 0 aromatic carbocycles. The van der Waals surface area contributed by atoms with Gasteiger partial charge in [-0.3, -0.25) is 4.79 Å². The lowest BCUT2D eigenvalue weighted by Gasteiger charge is -1.95. The van der Waals surface area contributed by atoms with Gasteiger partial charge in [0.05, 0.1) is 15.5 Å². The minimum atomic E-state index is -2.67. The maximum Gasteiger partial charge on any atom is 0.266 e. The van der Waals surface area contributed by atoms with Crippen molar-refractivity contribution in [3.8, 4) is 0 Å². The van der Waals surface area contributed by atoms with Gasteiger partial charge in [-0.25, -0.2) is 8.78 Å². The zero-order valence-corrected chi connectivity index (χ0v) is 8.20. The van der Waals surface area contributed by atoms with Crippen LogP contribution in [0.25, 0.3) is 0 Å². The van der Waals surface area contributed by atoms with Crippen LogP contribution in [-0.2, 0) is 0 Å². The second-order valence-corrected chi connectivity index (χ2v) is 3.10. The van der Waals surface area contributed by atoms with E-state index in [9.17, 15) is 13.6 Å². The van der Waals surface area contributed by atoms with Crippen LogP contribution in [0.15, 0.2) is 5.38 Å². The van der Waals surface area contributed by atoms with Crippen LogP contribution in [0.5, 0.6) is 0 Å². The Balaban J connectivity index is 0.000000671. The fraction of sp³-hybridized carbons (Fsp3) is 0.286. The van der Waals surface area contributed by atoms with Crippen LogP contribution in [-0.4, -0.2) is 18.5 Å². The molecule has 0 atom stereocenters. The van der Waals surface area contributed by atoms with E-state index in [1.807, 2.05) is 0 Å². The van der Waals surface area contributed by atoms with Gasteiger partial charge >= 0.3 is 0 Å². The SMILES string of the molecule is CO.O=Cc1scc(Cl)c1C(F)F. The van der Waals surface area contributed by atoms with E-state index in [1.54, 1.807) is 0 Å². The largest absolute Gasteiger partial charge is 0.400 e. The number of thiophene rings is 1. The van der Waals surface area contributed by atoms with E-state index in [0.29, 0.717) is 6.29 Å². The van der Waals surface area contributed by atoms with Crippen molar-refractivity contribution >= 4 is 29.2 Å². The van der Waals surface area contributed by atoms with Crippen LogP contribution in [0, 0.1) is 0 Å². The quantitative estimate of drug-likeness (QED) is 0.791. The topological polar surface area (TPSA) is 37.3 Å². The predicted octanol–water partition coefficient (Wildman–Crippen LogP) is 2.76. The summed E-state index contributed by atoms with van der Waals surface area (Å²) in [5.74, 6) is 0. The molecule has 0 saturated heterocycles. The summed E-state index contributed by atoms with van der Waals surface area (Å²) in [4.78, 5) is 10.2. The van der Waals surface area contributed by atoms with Gasteiger partial charge in [-0.2, -0.15) is 0 Å². The summed E-state index contributed by atoms with van der Waals surface area (Å²) in [7, 11) is 1.00. The van der Waals surface area contributed by atoms with Crippen LogP contribution >= 0.6 is 22.9 Å². The number of aldehydes is 1. The van der Waals surface area contributed by atoms with E-state index >= 15 is 0 Å². The molecule has 0 aliphatic rings. The molecule has 6 heteroatoms. The Labute approximate surface area is 82.8 Å². The number of carbonyl (C=O) groups excluding carboxylic acids is 1. The van der Waals surface area contributed by atoms with Crippen LogP contribution in [0.4, 0.5) is 8.78 Å². The lowest BCUT2D eigenvalue weighted by molar-refractivity contribution is 0.111. The third-order valence-electron chi connectivity index (χ3n) is 1.14. The second kappa shape index (κ2) is 6.01. The van der Waals surface area contributed by atoms with Crippen molar-refractivity contribution in [1.82, 2.24) is 0 Å². The molecule has 1 aromatic rings. The Morgan fingerprint density at radius 2 is 2.15 bits per heavy atom. The highest BCUT2D eigenvalue weighted by molar-refractivity contribution is 7.12. The molecule has 74 valence electrons. The third kappa shape index (κ3) is 3.02. The van der Waals surface area contributed by atoms with Crippen molar-refractivity contribution < 1.29 is 18.7 Å². The van der Waals surface area contributed by atoms with Crippen molar-refractivity contribution in [2.45, 2.75) is 6.43 Å². The first kappa shape index (κ1) is 12.5. The molecule has 0 amide bonds. The molecule has 1 aromatic heterocycles. The smallest absolute Gasteiger partial charge is 0.266 e. The van der Waals surface area contributed by atoms with Crippen molar-refractivity contribution in [3.63, 3.8) is 0 Å². The van der Waals surface area contributed by atoms with Gasteiger partial charge in [-0.15, -0.1) is 11.3 Å². The minimum Gasteiger partial charge on any atom is -0.400 e. The summed E-state index contributed by atoms with van der Waals surface area (Å²) >= 11 is 6.31. The number of rotatable bonds is 2. The maximum atomic E-state index is 12.1. The van der Waals surface area contributed by atoms with Crippen molar-refractivity contribution in [2.75, 3.05) is 7.11 Å². The molecular weight excluding hydrogens is 222 g/mol. The molecule has 13 heavy (non-hydrogen) atoms. The van der Waals surface area contributed by atoms with Gasteiger partial charge in [-0.05, 0) is 0 Å². The number of hydrogen-bond donors (Lipinski definition) is 1. The molecule has 1 N–H and O–H groups in total. The Kier molecular flexibility index (Phi) is 5.77. The van der Waals surface area contributed by atoms with E-state index in [-0.39, 0.29) is 15.5 Å². The molecule has 0 aliphatic heterocycles. The Bertz CT molecular complexity index is 275. The highest BCUT2D eigenvalue weighted by atomic mass is 35.5. The van der Waals surface area contributed by atoms with E-state index in [1.165, 1.54) is 5.38 Å². The van der Waals surface area contributed by atoms with Crippen LogP contribution < -0.4 is 0 Å².